The van der Waals surface area contributed by atoms with E-state index in [0.29, 0.717) is 16.3 Å². The van der Waals surface area contributed by atoms with Crippen molar-refractivity contribution in [2.75, 3.05) is 0 Å². The molecule has 3 heterocycles. The van der Waals surface area contributed by atoms with E-state index in [9.17, 15) is 9.59 Å². The molecule has 0 saturated carbocycles. The zero-order chi connectivity index (χ0) is 24.5. The Bertz CT molecular complexity index is 1690. The van der Waals surface area contributed by atoms with Gasteiger partial charge in [0, 0.05) is 11.2 Å². The Labute approximate surface area is 205 Å². The molecular weight excluding hydrogens is 462 g/mol. The highest BCUT2D eigenvalue weighted by molar-refractivity contribution is 6.31. The van der Waals surface area contributed by atoms with Crippen molar-refractivity contribution >= 4 is 34.2 Å². The molecule has 3 aromatic heterocycles. The fraction of sp³-hybridized carbons (Fsp3) is 0.111. The minimum Gasteiger partial charge on any atom is -0.345 e. The van der Waals surface area contributed by atoms with E-state index in [4.69, 9.17) is 17.0 Å². The molecular formula is C27H22ClN5O2. The van der Waals surface area contributed by atoms with E-state index in [2.05, 4.69) is 10.3 Å². The van der Waals surface area contributed by atoms with Gasteiger partial charge in [0.05, 0.1) is 23.5 Å². The normalized spacial score (nSPS) is 12.1. The second kappa shape index (κ2) is 9.19. The zero-order valence-corrected chi connectivity index (χ0v) is 19.7. The minimum atomic E-state index is -0.446. The Hall–Kier alpha value is -4.23. The van der Waals surface area contributed by atoms with Crippen molar-refractivity contribution in [1.82, 2.24) is 19.3 Å². The molecule has 8 heteroatoms. The Morgan fingerprint density at radius 1 is 1.06 bits per heavy atom. The lowest BCUT2D eigenvalue weighted by molar-refractivity contribution is 0.0937. The number of nitrogens with one attached hydrogen (secondary N) is 2. The van der Waals surface area contributed by atoms with Crippen LogP contribution in [0.4, 0.5) is 0 Å². The van der Waals surface area contributed by atoms with Crippen molar-refractivity contribution in [1.29, 1.82) is 5.41 Å². The van der Waals surface area contributed by atoms with Gasteiger partial charge in [-0.25, -0.2) is 4.98 Å². The molecule has 0 unspecified atom stereocenters. The summed E-state index contributed by atoms with van der Waals surface area (Å²) < 4.78 is 2.99. The maximum atomic E-state index is 13.4. The number of pyridine rings is 2. The number of carbonyl (C=O) groups excluding carboxylic acids is 1. The number of benzene rings is 2. The second-order valence-corrected chi connectivity index (χ2v) is 8.68. The van der Waals surface area contributed by atoms with Crippen molar-refractivity contribution in [3.63, 3.8) is 0 Å². The van der Waals surface area contributed by atoms with E-state index in [1.807, 2.05) is 55.5 Å². The van der Waals surface area contributed by atoms with Gasteiger partial charge in [-0.05, 0) is 42.3 Å². The lowest BCUT2D eigenvalue weighted by atomic mass is 10.1. The molecule has 5 aromatic rings. The summed E-state index contributed by atoms with van der Waals surface area (Å²) in [6.45, 7) is 2.06. The smallest absolute Gasteiger partial charge is 0.267 e. The van der Waals surface area contributed by atoms with E-state index >= 15 is 0 Å². The summed E-state index contributed by atoms with van der Waals surface area (Å²) >= 11 is 6.40. The van der Waals surface area contributed by atoms with E-state index in [0.717, 1.165) is 11.1 Å². The van der Waals surface area contributed by atoms with Crippen LogP contribution in [0.15, 0.2) is 89.9 Å². The van der Waals surface area contributed by atoms with Crippen LogP contribution >= 0.6 is 11.6 Å². The van der Waals surface area contributed by atoms with Crippen LogP contribution in [0.5, 0.6) is 0 Å². The first-order chi connectivity index (χ1) is 16.9. The van der Waals surface area contributed by atoms with Crippen LogP contribution < -0.4 is 16.4 Å². The molecule has 35 heavy (non-hydrogen) atoms. The molecule has 0 bridgehead atoms. The number of halogens is 1. The third-order valence-corrected chi connectivity index (χ3v) is 6.37. The summed E-state index contributed by atoms with van der Waals surface area (Å²) in [6.07, 6.45) is 1.63. The monoisotopic (exact) mass is 483 g/mol. The molecule has 0 spiro atoms. The SMILES string of the molecule is C[C@@H](NC(=O)c1cc2c(=O)n3ccccc3nc2n(Cc2ccccc2Cl)c1=N)c1ccccc1. The first kappa shape index (κ1) is 22.6. The van der Waals surface area contributed by atoms with Crippen molar-refractivity contribution in [3.8, 4) is 0 Å². The quantitative estimate of drug-likeness (QED) is 0.365. The van der Waals surface area contributed by atoms with Gasteiger partial charge < -0.3 is 9.88 Å². The molecule has 0 saturated heterocycles. The lowest BCUT2D eigenvalue weighted by Crippen LogP contribution is -2.36. The maximum absolute atomic E-state index is 13.4. The lowest BCUT2D eigenvalue weighted by Gasteiger charge is -2.17. The Kier molecular flexibility index (Phi) is 5.93. The van der Waals surface area contributed by atoms with Crippen LogP contribution in [0.1, 0.15) is 34.5 Å². The van der Waals surface area contributed by atoms with Crippen LogP contribution in [-0.2, 0) is 6.54 Å². The summed E-state index contributed by atoms with van der Waals surface area (Å²) in [4.78, 5) is 31.4. The summed E-state index contributed by atoms with van der Waals surface area (Å²) in [5.41, 5.74) is 2.17. The first-order valence-electron chi connectivity index (χ1n) is 11.1. The first-order valence-corrected chi connectivity index (χ1v) is 11.5. The number of amides is 1. The van der Waals surface area contributed by atoms with Gasteiger partial charge in [-0.2, -0.15) is 0 Å². The molecule has 5 rings (SSSR count). The maximum Gasteiger partial charge on any atom is 0.267 e. The van der Waals surface area contributed by atoms with Crippen molar-refractivity contribution in [3.05, 3.63) is 123 Å². The van der Waals surface area contributed by atoms with Gasteiger partial charge >= 0.3 is 0 Å². The predicted octanol–water partition coefficient (Wildman–Crippen LogP) is 4.32. The fourth-order valence-corrected chi connectivity index (χ4v) is 4.31. The van der Waals surface area contributed by atoms with Gasteiger partial charge in [0.25, 0.3) is 11.5 Å². The van der Waals surface area contributed by atoms with Gasteiger partial charge in [0.2, 0.25) is 0 Å². The molecule has 174 valence electrons. The molecule has 7 nitrogen and oxygen atoms in total. The highest BCUT2D eigenvalue weighted by atomic mass is 35.5. The Balaban J connectivity index is 1.70. The van der Waals surface area contributed by atoms with Crippen LogP contribution in [-0.4, -0.2) is 19.9 Å². The molecule has 2 N–H and O–H groups in total. The average molecular weight is 484 g/mol. The third kappa shape index (κ3) is 4.22. The van der Waals surface area contributed by atoms with Crippen LogP contribution in [0.3, 0.4) is 0 Å². The topological polar surface area (TPSA) is 92.2 Å². The zero-order valence-electron chi connectivity index (χ0n) is 18.9. The molecule has 0 aliphatic heterocycles. The van der Waals surface area contributed by atoms with Gasteiger partial charge in [-0.15, -0.1) is 0 Å². The molecule has 1 atom stereocenters. The highest BCUT2D eigenvalue weighted by Gasteiger charge is 2.19. The Morgan fingerprint density at radius 3 is 2.54 bits per heavy atom. The van der Waals surface area contributed by atoms with Crippen LogP contribution in [0.25, 0.3) is 16.7 Å². The summed E-state index contributed by atoms with van der Waals surface area (Å²) in [5, 5.41) is 12.6. The third-order valence-electron chi connectivity index (χ3n) is 6.00. The minimum absolute atomic E-state index is 0.0534. The molecule has 0 aliphatic rings. The number of nitrogens with zero attached hydrogens (tertiary/aromatic N) is 3. The number of hydrogen-bond acceptors (Lipinski definition) is 4. The van der Waals surface area contributed by atoms with Gasteiger partial charge in [-0.1, -0.05) is 66.2 Å². The van der Waals surface area contributed by atoms with Crippen molar-refractivity contribution in [2.45, 2.75) is 19.5 Å². The van der Waals surface area contributed by atoms with E-state index in [1.165, 1.54) is 10.5 Å². The largest absolute Gasteiger partial charge is 0.345 e. The van der Waals surface area contributed by atoms with E-state index in [1.54, 1.807) is 35.0 Å². The molecule has 0 fully saturated rings. The number of carbonyl (C=O) groups is 1. The fourth-order valence-electron chi connectivity index (χ4n) is 4.11. The van der Waals surface area contributed by atoms with Gasteiger partial charge in [0.15, 0.2) is 0 Å². The van der Waals surface area contributed by atoms with Crippen LogP contribution in [0, 0.1) is 5.41 Å². The summed E-state index contributed by atoms with van der Waals surface area (Å²) in [7, 11) is 0. The number of fused-ring (bicyclic) bond motifs is 2. The second-order valence-electron chi connectivity index (χ2n) is 8.27. The standard InChI is InChI=1S/C27H22ClN5O2/c1-17(18-9-3-2-4-10-18)30-26(34)20-15-21-25(31-23-13-7-8-14-32(23)27(21)35)33(24(20)29)16-19-11-5-6-12-22(19)28/h2-15,17,29H,16H2,1H3,(H,30,34)/t17-/m1/s1. The molecule has 1 amide bonds. The Morgan fingerprint density at radius 2 is 1.77 bits per heavy atom. The average Bonchev–Trinajstić information content (AvgIpc) is 2.87. The van der Waals surface area contributed by atoms with Gasteiger partial charge in [-0.3, -0.25) is 19.4 Å². The highest BCUT2D eigenvalue weighted by Crippen LogP contribution is 2.19. The van der Waals surface area contributed by atoms with E-state index in [-0.39, 0.29) is 34.6 Å². The molecule has 0 radical (unpaired) electrons. The predicted molar refractivity (Wildman–Crippen MR) is 136 cm³/mol. The van der Waals surface area contributed by atoms with Crippen LogP contribution in [0.2, 0.25) is 5.02 Å². The van der Waals surface area contributed by atoms with Gasteiger partial charge in [0.1, 0.15) is 16.8 Å². The molecule has 0 aliphatic carbocycles. The number of aromatic nitrogens is 3. The van der Waals surface area contributed by atoms with Crippen molar-refractivity contribution < 1.29 is 4.79 Å². The summed E-state index contributed by atoms with van der Waals surface area (Å²) in [6, 6.07) is 23.3. The molecule has 2 aromatic carbocycles. The summed E-state index contributed by atoms with van der Waals surface area (Å²) in [5.74, 6) is -0.446. The number of rotatable bonds is 5. The van der Waals surface area contributed by atoms with E-state index < -0.39 is 5.91 Å². The van der Waals surface area contributed by atoms with Crippen molar-refractivity contribution in [2.24, 2.45) is 0 Å². The number of hydrogen-bond donors (Lipinski definition) is 2.